The summed E-state index contributed by atoms with van der Waals surface area (Å²) in [6.07, 6.45) is 2.03. The number of benzene rings is 1. The Hall–Kier alpha value is -1.26. The van der Waals surface area contributed by atoms with Crippen LogP contribution in [0.1, 0.15) is 29.8 Å². The zero-order valence-corrected chi connectivity index (χ0v) is 13.8. The van der Waals surface area contributed by atoms with Crippen molar-refractivity contribution in [1.29, 1.82) is 0 Å². The zero-order valence-electron chi connectivity index (χ0n) is 13.0. The molecule has 0 spiro atoms. The molecule has 0 radical (unpaired) electrons. The number of nitrogens with one attached hydrogen (secondary N) is 1. The van der Waals surface area contributed by atoms with Gasteiger partial charge >= 0.3 is 0 Å². The number of thioether (sulfide) groups is 1. The van der Waals surface area contributed by atoms with Crippen molar-refractivity contribution in [3.8, 4) is 0 Å². The average Bonchev–Trinajstić information content (AvgIpc) is 3.08. The molecule has 0 saturated carbocycles. The second-order valence-electron chi connectivity index (χ2n) is 5.66. The molecule has 21 heavy (non-hydrogen) atoms. The van der Waals surface area contributed by atoms with Crippen LogP contribution in [0.5, 0.6) is 0 Å². The average molecular weight is 301 g/mol. The number of rotatable bonds is 5. The highest BCUT2D eigenvalue weighted by Gasteiger charge is 2.30. The number of aryl methyl sites for hydroxylation is 2. The first-order chi connectivity index (χ1) is 10.2. The summed E-state index contributed by atoms with van der Waals surface area (Å²) in [4.78, 5) is 1.45. The Bertz CT molecular complexity index is 620. The van der Waals surface area contributed by atoms with Gasteiger partial charge in [-0.05, 0) is 31.2 Å². The van der Waals surface area contributed by atoms with Crippen LogP contribution in [0.4, 0.5) is 0 Å². The van der Waals surface area contributed by atoms with E-state index < -0.39 is 0 Å². The first kappa shape index (κ1) is 14.7. The molecule has 1 aliphatic heterocycles. The van der Waals surface area contributed by atoms with Crippen LogP contribution >= 0.6 is 11.8 Å². The molecule has 0 bridgehead atoms. The van der Waals surface area contributed by atoms with Gasteiger partial charge < -0.3 is 5.32 Å². The number of hydrogen-bond donors (Lipinski definition) is 1. The van der Waals surface area contributed by atoms with Gasteiger partial charge in [0.2, 0.25) is 0 Å². The van der Waals surface area contributed by atoms with Crippen LogP contribution in [0.2, 0.25) is 0 Å². The summed E-state index contributed by atoms with van der Waals surface area (Å²) in [5, 5.41) is 8.10. The molecule has 1 aromatic heterocycles. The predicted octanol–water partition coefficient (Wildman–Crippen LogP) is 3.00. The van der Waals surface area contributed by atoms with Gasteiger partial charge in [0.05, 0.1) is 5.69 Å². The summed E-state index contributed by atoms with van der Waals surface area (Å²) in [5.74, 6) is 1.75. The van der Waals surface area contributed by atoms with Crippen LogP contribution in [-0.4, -0.2) is 28.6 Å². The van der Waals surface area contributed by atoms with Gasteiger partial charge in [0, 0.05) is 41.8 Å². The Morgan fingerprint density at radius 1 is 1.43 bits per heavy atom. The highest BCUT2D eigenvalue weighted by molar-refractivity contribution is 7.99. The molecule has 1 N–H and O–H groups in total. The van der Waals surface area contributed by atoms with Crippen molar-refractivity contribution in [1.82, 2.24) is 15.1 Å². The van der Waals surface area contributed by atoms with E-state index in [1.807, 2.05) is 16.4 Å². The fourth-order valence-electron chi connectivity index (χ4n) is 3.13. The molecule has 3 nitrogen and oxygen atoms in total. The number of likely N-dealkylation sites (N-methyl/N-ethyl adjacent to an activating group) is 1. The molecule has 112 valence electrons. The third-order valence-electron chi connectivity index (χ3n) is 4.41. The SMILES string of the molecule is CCc1cc(CC(NC)C2CSc3ccccc32)n(C)n1. The van der Waals surface area contributed by atoms with Gasteiger partial charge in [-0.15, -0.1) is 11.8 Å². The van der Waals surface area contributed by atoms with Gasteiger partial charge in [0.15, 0.2) is 0 Å². The predicted molar refractivity (Wildman–Crippen MR) is 89.0 cm³/mol. The molecule has 0 aliphatic carbocycles. The zero-order chi connectivity index (χ0) is 14.8. The lowest BCUT2D eigenvalue weighted by Gasteiger charge is -2.23. The summed E-state index contributed by atoms with van der Waals surface area (Å²) in [5.41, 5.74) is 4.00. The van der Waals surface area contributed by atoms with Crippen molar-refractivity contribution in [2.75, 3.05) is 12.8 Å². The van der Waals surface area contributed by atoms with Crippen molar-refractivity contribution in [3.63, 3.8) is 0 Å². The van der Waals surface area contributed by atoms with Gasteiger partial charge in [0.1, 0.15) is 0 Å². The molecule has 2 unspecified atom stereocenters. The van der Waals surface area contributed by atoms with Gasteiger partial charge in [-0.3, -0.25) is 4.68 Å². The van der Waals surface area contributed by atoms with E-state index in [-0.39, 0.29) is 0 Å². The van der Waals surface area contributed by atoms with Crippen LogP contribution in [0.3, 0.4) is 0 Å². The fourth-order valence-corrected chi connectivity index (χ4v) is 4.46. The second kappa shape index (κ2) is 6.24. The Balaban J connectivity index is 1.81. The molecule has 4 heteroatoms. The van der Waals surface area contributed by atoms with Gasteiger partial charge in [-0.25, -0.2) is 0 Å². The molecule has 2 aromatic rings. The third-order valence-corrected chi connectivity index (χ3v) is 5.62. The van der Waals surface area contributed by atoms with E-state index in [0.29, 0.717) is 12.0 Å². The molecule has 2 atom stereocenters. The minimum atomic E-state index is 0.459. The largest absolute Gasteiger partial charge is 0.316 e. The summed E-state index contributed by atoms with van der Waals surface area (Å²) in [6.45, 7) is 2.16. The summed E-state index contributed by atoms with van der Waals surface area (Å²) in [7, 11) is 4.13. The van der Waals surface area contributed by atoms with Crippen molar-refractivity contribution < 1.29 is 0 Å². The normalized spacial score (nSPS) is 18.7. The standard InChI is InChI=1S/C17H23N3S/c1-4-12-9-13(20(3)19-12)10-16(18-2)15-11-21-17-8-6-5-7-14(15)17/h5-9,15-16,18H,4,10-11H2,1-3H3. The maximum absolute atomic E-state index is 4.57. The molecular formula is C17H23N3S. The third kappa shape index (κ3) is 2.87. The van der Waals surface area contributed by atoms with E-state index in [1.165, 1.54) is 27.6 Å². The van der Waals surface area contributed by atoms with E-state index in [4.69, 9.17) is 0 Å². The topological polar surface area (TPSA) is 29.9 Å². The number of fused-ring (bicyclic) bond motifs is 1. The molecule has 0 saturated heterocycles. The lowest BCUT2D eigenvalue weighted by atomic mass is 9.90. The summed E-state index contributed by atoms with van der Waals surface area (Å²) in [6, 6.07) is 11.5. The fraction of sp³-hybridized carbons (Fsp3) is 0.471. The molecule has 0 fully saturated rings. The first-order valence-corrected chi connectivity index (χ1v) is 8.62. The monoisotopic (exact) mass is 301 g/mol. The van der Waals surface area contributed by atoms with Crippen molar-refractivity contribution in [2.45, 2.75) is 36.6 Å². The van der Waals surface area contributed by atoms with Crippen LogP contribution in [0, 0.1) is 0 Å². The lowest BCUT2D eigenvalue weighted by Crippen LogP contribution is -2.35. The quantitative estimate of drug-likeness (QED) is 0.921. The van der Waals surface area contributed by atoms with Crippen LogP contribution in [0.25, 0.3) is 0 Å². The molecule has 3 rings (SSSR count). The number of aromatic nitrogens is 2. The maximum atomic E-state index is 4.57. The van der Waals surface area contributed by atoms with Crippen molar-refractivity contribution in [3.05, 3.63) is 47.3 Å². The van der Waals surface area contributed by atoms with E-state index >= 15 is 0 Å². The molecule has 1 aliphatic rings. The highest BCUT2D eigenvalue weighted by Crippen LogP contribution is 2.41. The Labute approximate surface area is 131 Å². The molecule has 1 aromatic carbocycles. The van der Waals surface area contributed by atoms with Gasteiger partial charge in [-0.1, -0.05) is 25.1 Å². The summed E-state index contributed by atoms with van der Waals surface area (Å²) < 4.78 is 2.04. The van der Waals surface area contributed by atoms with Gasteiger partial charge in [0.25, 0.3) is 0 Å². The van der Waals surface area contributed by atoms with Crippen LogP contribution in [0.15, 0.2) is 35.2 Å². The minimum absolute atomic E-state index is 0.459. The number of hydrogen-bond acceptors (Lipinski definition) is 3. The lowest BCUT2D eigenvalue weighted by molar-refractivity contribution is 0.475. The van der Waals surface area contributed by atoms with E-state index in [2.05, 4.69) is 61.8 Å². The first-order valence-electron chi connectivity index (χ1n) is 7.63. The van der Waals surface area contributed by atoms with Crippen LogP contribution in [-0.2, 0) is 19.9 Å². The smallest absolute Gasteiger partial charge is 0.0624 e. The van der Waals surface area contributed by atoms with Crippen molar-refractivity contribution in [2.24, 2.45) is 7.05 Å². The van der Waals surface area contributed by atoms with Crippen LogP contribution < -0.4 is 5.32 Å². The number of nitrogens with zero attached hydrogens (tertiary/aromatic N) is 2. The van der Waals surface area contributed by atoms with Crippen molar-refractivity contribution >= 4 is 11.8 Å². The molecule has 0 amide bonds. The van der Waals surface area contributed by atoms with Gasteiger partial charge in [-0.2, -0.15) is 5.10 Å². The van der Waals surface area contributed by atoms with E-state index in [1.54, 1.807) is 0 Å². The summed E-state index contributed by atoms with van der Waals surface area (Å²) >= 11 is 1.98. The highest BCUT2D eigenvalue weighted by atomic mass is 32.2. The Kier molecular flexibility index (Phi) is 4.36. The Morgan fingerprint density at radius 2 is 2.24 bits per heavy atom. The maximum Gasteiger partial charge on any atom is 0.0624 e. The second-order valence-corrected chi connectivity index (χ2v) is 6.72. The minimum Gasteiger partial charge on any atom is -0.316 e. The Morgan fingerprint density at radius 3 is 2.95 bits per heavy atom. The molecular weight excluding hydrogens is 278 g/mol. The molecule has 2 heterocycles. The van der Waals surface area contributed by atoms with E-state index in [9.17, 15) is 0 Å². The van der Waals surface area contributed by atoms with E-state index in [0.717, 1.165) is 12.8 Å².